The summed E-state index contributed by atoms with van der Waals surface area (Å²) in [6, 6.07) is 10.8. The molecular weight excluding hydrogens is 342 g/mol. The number of carbonyl (C=O) groups excluding carboxylic acids is 1. The van der Waals surface area contributed by atoms with Crippen molar-refractivity contribution in [3.63, 3.8) is 0 Å². The summed E-state index contributed by atoms with van der Waals surface area (Å²) in [6.45, 7) is 1.09. The Morgan fingerprint density at radius 3 is 2.88 bits per heavy atom. The first kappa shape index (κ1) is 17.4. The molecule has 2 N–H and O–H groups in total. The van der Waals surface area contributed by atoms with E-state index >= 15 is 0 Å². The van der Waals surface area contributed by atoms with Crippen molar-refractivity contribution in [3.05, 3.63) is 52.2 Å². The van der Waals surface area contributed by atoms with Gasteiger partial charge >= 0.3 is 5.97 Å². The number of hydrogen-bond acceptors (Lipinski definition) is 5. The molecule has 0 radical (unpaired) electrons. The third-order valence-corrected chi connectivity index (χ3v) is 4.88. The molecule has 0 bridgehead atoms. The Labute approximate surface area is 149 Å². The third kappa shape index (κ3) is 4.58. The lowest BCUT2D eigenvalue weighted by Crippen LogP contribution is -2.50. The Kier molecular flexibility index (Phi) is 5.35. The summed E-state index contributed by atoms with van der Waals surface area (Å²) in [5, 5.41) is 13.9. The number of aliphatic carboxylic acids is 1. The van der Waals surface area contributed by atoms with Gasteiger partial charge in [0, 0.05) is 17.0 Å². The Morgan fingerprint density at radius 1 is 1.32 bits per heavy atom. The van der Waals surface area contributed by atoms with Gasteiger partial charge in [-0.15, -0.1) is 11.3 Å². The molecule has 1 aliphatic heterocycles. The van der Waals surface area contributed by atoms with E-state index in [2.05, 4.69) is 5.32 Å². The molecule has 0 aliphatic carbocycles. The number of hydrogen-bond donors (Lipinski definition) is 2. The minimum absolute atomic E-state index is 0.159. The van der Waals surface area contributed by atoms with E-state index in [0.29, 0.717) is 30.9 Å². The first-order chi connectivity index (χ1) is 12.1. The van der Waals surface area contributed by atoms with Crippen LogP contribution in [0.4, 0.5) is 0 Å². The topological polar surface area (TPSA) is 84.9 Å². The Morgan fingerprint density at radius 2 is 2.20 bits per heavy atom. The number of carboxylic acid groups (broad SMARTS) is 1. The fourth-order valence-electron chi connectivity index (χ4n) is 2.77. The Hall–Kier alpha value is -2.38. The van der Waals surface area contributed by atoms with E-state index in [1.807, 2.05) is 17.5 Å². The second-order valence-electron chi connectivity index (χ2n) is 6.00. The highest BCUT2D eigenvalue weighted by atomic mass is 32.1. The molecule has 7 heteroatoms. The first-order valence-corrected chi connectivity index (χ1v) is 8.82. The minimum Gasteiger partial charge on any atom is -0.488 e. The number of amides is 1. The van der Waals surface area contributed by atoms with E-state index in [9.17, 15) is 9.59 Å². The monoisotopic (exact) mass is 361 g/mol. The average Bonchev–Trinajstić information content (AvgIpc) is 3.25. The number of benzene rings is 1. The number of rotatable bonds is 7. The van der Waals surface area contributed by atoms with Gasteiger partial charge in [-0.1, -0.05) is 12.1 Å². The van der Waals surface area contributed by atoms with Crippen LogP contribution >= 0.6 is 11.3 Å². The summed E-state index contributed by atoms with van der Waals surface area (Å²) >= 11 is 1.61. The van der Waals surface area contributed by atoms with Gasteiger partial charge in [-0.3, -0.25) is 9.59 Å². The van der Waals surface area contributed by atoms with E-state index in [-0.39, 0.29) is 18.9 Å². The van der Waals surface area contributed by atoms with Crippen LogP contribution in [0.5, 0.6) is 5.75 Å². The lowest BCUT2D eigenvalue weighted by atomic mass is 9.93. The summed E-state index contributed by atoms with van der Waals surface area (Å²) in [6.07, 6.45) is 0.326. The highest BCUT2D eigenvalue weighted by Crippen LogP contribution is 2.24. The number of carboxylic acids is 1. The smallest absolute Gasteiger partial charge is 0.305 e. The first-order valence-electron chi connectivity index (χ1n) is 7.94. The Bertz CT molecular complexity index is 738. The molecule has 0 spiro atoms. The van der Waals surface area contributed by atoms with Crippen LogP contribution in [0.25, 0.3) is 0 Å². The molecule has 2 aromatic rings. The number of carbonyl (C=O) groups is 2. The van der Waals surface area contributed by atoms with Gasteiger partial charge in [0.15, 0.2) is 0 Å². The van der Waals surface area contributed by atoms with Gasteiger partial charge in [-0.05, 0) is 36.1 Å². The maximum absolute atomic E-state index is 12.6. The molecular formula is C18H19NO5S. The second-order valence-corrected chi connectivity index (χ2v) is 7.04. The highest BCUT2D eigenvalue weighted by Gasteiger charge is 2.38. The van der Waals surface area contributed by atoms with Crippen LogP contribution in [0.2, 0.25) is 0 Å². The predicted molar refractivity (Wildman–Crippen MR) is 93.0 cm³/mol. The number of nitrogens with one attached hydrogen (secondary N) is 1. The van der Waals surface area contributed by atoms with E-state index < -0.39 is 11.5 Å². The molecule has 1 aromatic heterocycles. The number of thiophene rings is 1. The molecule has 3 rings (SSSR count). The van der Waals surface area contributed by atoms with E-state index in [0.717, 1.165) is 4.88 Å². The summed E-state index contributed by atoms with van der Waals surface area (Å²) < 4.78 is 11.0. The maximum atomic E-state index is 12.6. The molecule has 6 nitrogen and oxygen atoms in total. The van der Waals surface area contributed by atoms with E-state index in [1.54, 1.807) is 35.6 Å². The molecule has 132 valence electrons. The molecule has 1 fully saturated rings. The van der Waals surface area contributed by atoms with Crippen molar-refractivity contribution < 1.29 is 24.2 Å². The van der Waals surface area contributed by atoms with E-state index in [1.165, 1.54) is 0 Å². The van der Waals surface area contributed by atoms with Crippen molar-refractivity contribution in [2.75, 3.05) is 13.2 Å². The summed E-state index contributed by atoms with van der Waals surface area (Å²) in [4.78, 5) is 24.8. The molecule has 25 heavy (non-hydrogen) atoms. The normalized spacial score (nSPS) is 19.5. The molecule has 1 atom stereocenters. The van der Waals surface area contributed by atoms with Crippen molar-refractivity contribution >= 4 is 23.2 Å². The third-order valence-electron chi connectivity index (χ3n) is 4.03. The second kappa shape index (κ2) is 7.67. The number of ether oxygens (including phenoxy) is 2. The molecule has 1 amide bonds. The van der Waals surface area contributed by atoms with Crippen LogP contribution in [-0.2, 0) is 16.1 Å². The fraction of sp³-hybridized carbons (Fsp3) is 0.333. The summed E-state index contributed by atoms with van der Waals surface area (Å²) in [5.74, 6) is -0.692. The molecule has 1 aliphatic rings. The van der Waals surface area contributed by atoms with Gasteiger partial charge in [0.1, 0.15) is 12.4 Å². The van der Waals surface area contributed by atoms with Crippen molar-refractivity contribution in [2.45, 2.75) is 25.0 Å². The maximum Gasteiger partial charge on any atom is 0.305 e. The van der Waals surface area contributed by atoms with Gasteiger partial charge < -0.3 is 19.9 Å². The molecule has 2 heterocycles. The van der Waals surface area contributed by atoms with Crippen molar-refractivity contribution in [3.8, 4) is 5.75 Å². The molecule has 1 aromatic carbocycles. The lowest BCUT2D eigenvalue weighted by Gasteiger charge is -2.27. The summed E-state index contributed by atoms with van der Waals surface area (Å²) in [7, 11) is 0. The SMILES string of the molecule is O=C(O)CC1(NC(=O)c2cccc(OCc3cccs3)c2)CCOC1. The molecule has 1 saturated heterocycles. The van der Waals surface area contributed by atoms with Crippen LogP contribution in [0.1, 0.15) is 28.1 Å². The standard InChI is InChI=1S/C18H19NO5S/c20-16(21)10-18(6-7-23-12-18)19-17(22)13-3-1-4-14(9-13)24-11-15-5-2-8-25-15/h1-5,8-9H,6-7,10-12H2,(H,19,22)(H,20,21). The van der Waals surface area contributed by atoms with Gasteiger partial charge in [-0.2, -0.15) is 0 Å². The van der Waals surface area contributed by atoms with E-state index in [4.69, 9.17) is 14.6 Å². The summed E-state index contributed by atoms with van der Waals surface area (Å²) in [5.41, 5.74) is -0.420. The van der Waals surface area contributed by atoms with Crippen molar-refractivity contribution in [1.29, 1.82) is 0 Å². The van der Waals surface area contributed by atoms with Crippen LogP contribution in [-0.4, -0.2) is 35.7 Å². The average molecular weight is 361 g/mol. The zero-order chi connectivity index (χ0) is 17.7. The fourth-order valence-corrected chi connectivity index (χ4v) is 3.38. The lowest BCUT2D eigenvalue weighted by molar-refractivity contribution is -0.138. The van der Waals surface area contributed by atoms with Crippen molar-refractivity contribution in [1.82, 2.24) is 5.32 Å². The minimum atomic E-state index is -0.959. The van der Waals surface area contributed by atoms with Crippen LogP contribution < -0.4 is 10.1 Å². The van der Waals surface area contributed by atoms with Gasteiger partial charge in [0.25, 0.3) is 5.91 Å². The molecule has 1 unspecified atom stereocenters. The largest absolute Gasteiger partial charge is 0.488 e. The zero-order valence-corrected chi connectivity index (χ0v) is 14.4. The highest BCUT2D eigenvalue weighted by molar-refractivity contribution is 7.09. The predicted octanol–water partition coefficient (Wildman–Crippen LogP) is 2.69. The van der Waals surface area contributed by atoms with Gasteiger partial charge in [-0.25, -0.2) is 0 Å². The molecule has 0 saturated carbocycles. The van der Waals surface area contributed by atoms with Crippen LogP contribution in [0.15, 0.2) is 41.8 Å². The zero-order valence-electron chi connectivity index (χ0n) is 13.6. The van der Waals surface area contributed by atoms with Crippen LogP contribution in [0.3, 0.4) is 0 Å². The van der Waals surface area contributed by atoms with Crippen molar-refractivity contribution in [2.24, 2.45) is 0 Å². The van der Waals surface area contributed by atoms with Crippen LogP contribution in [0, 0.1) is 0 Å². The van der Waals surface area contributed by atoms with Gasteiger partial charge in [0.2, 0.25) is 0 Å². The Balaban J connectivity index is 1.67. The van der Waals surface area contributed by atoms with Gasteiger partial charge in [0.05, 0.1) is 18.6 Å². The quantitative estimate of drug-likeness (QED) is 0.792.